The third-order valence-corrected chi connectivity index (χ3v) is 5.88. The maximum absolute atomic E-state index is 12.6. The first-order valence-corrected chi connectivity index (χ1v) is 10.1. The summed E-state index contributed by atoms with van der Waals surface area (Å²) < 4.78 is 1.96. The van der Waals surface area contributed by atoms with Crippen LogP contribution in [0.2, 0.25) is 0 Å². The van der Waals surface area contributed by atoms with Crippen LogP contribution < -0.4 is 10.2 Å². The number of anilines is 1. The number of aryl methyl sites for hydroxylation is 1. The zero-order valence-corrected chi connectivity index (χ0v) is 16.2. The van der Waals surface area contributed by atoms with Gasteiger partial charge in [0.15, 0.2) is 0 Å². The number of nitrogens with zero attached hydrogens (tertiary/aromatic N) is 4. The van der Waals surface area contributed by atoms with Gasteiger partial charge in [0.2, 0.25) is 16.2 Å². The van der Waals surface area contributed by atoms with Crippen LogP contribution in [0, 0.1) is 12.8 Å². The third-order valence-electron chi connectivity index (χ3n) is 4.88. The van der Waals surface area contributed by atoms with Crippen molar-refractivity contribution in [3.8, 4) is 5.13 Å². The Morgan fingerprint density at radius 1 is 1.19 bits per heavy atom. The summed E-state index contributed by atoms with van der Waals surface area (Å²) in [6.45, 7) is 4.25. The largest absolute Gasteiger partial charge is 0.352 e. The highest BCUT2D eigenvalue weighted by molar-refractivity contribution is 7.17. The monoisotopic (exact) mass is 381 g/mol. The highest BCUT2D eigenvalue weighted by atomic mass is 32.1. The molecular formula is C20H23N5OS. The fraction of sp³-hybridized carbons (Fsp3) is 0.350. The van der Waals surface area contributed by atoms with Gasteiger partial charge >= 0.3 is 0 Å². The Kier molecular flexibility index (Phi) is 5.20. The van der Waals surface area contributed by atoms with Gasteiger partial charge in [0.25, 0.3) is 0 Å². The molecule has 1 aliphatic rings. The molecule has 1 fully saturated rings. The molecule has 3 aromatic rings. The van der Waals surface area contributed by atoms with Gasteiger partial charge in [-0.15, -0.1) is 10.2 Å². The van der Waals surface area contributed by atoms with E-state index >= 15 is 0 Å². The van der Waals surface area contributed by atoms with Gasteiger partial charge in [-0.25, -0.2) is 0 Å². The first kappa shape index (κ1) is 17.7. The lowest BCUT2D eigenvalue weighted by atomic mass is 9.97. The minimum Gasteiger partial charge on any atom is -0.352 e. The molecule has 0 spiro atoms. The number of nitrogens with one attached hydrogen (secondary N) is 1. The number of aromatic nitrogens is 3. The van der Waals surface area contributed by atoms with Crippen molar-refractivity contribution in [2.75, 3.05) is 18.0 Å². The van der Waals surface area contributed by atoms with Crippen molar-refractivity contribution in [3.05, 3.63) is 59.9 Å². The number of carbonyl (C=O) groups is 1. The lowest BCUT2D eigenvalue weighted by Gasteiger charge is -2.31. The van der Waals surface area contributed by atoms with Crippen LogP contribution in [0.3, 0.4) is 0 Å². The number of carbonyl (C=O) groups excluding carboxylic acids is 1. The SMILES string of the molecule is Cc1ccc(CNC(=O)[C@@H]2CCCN(c3nnc(-n4cccc4)s3)C2)cc1. The van der Waals surface area contributed by atoms with Crippen molar-refractivity contribution < 1.29 is 4.79 Å². The molecule has 3 heterocycles. The van der Waals surface area contributed by atoms with E-state index in [1.54, 1.807) is 11.3 Å². The molecule has 27 heavy (non-hydrogen) atoms. The van der Waals surface area contributed by atoms with Crippen LogP contribution in [-0.4, -0.2) is 33.8 Å². The van der Waals surface area contributed by atoms with E-state index in [-0.39, 0.29) is 11.8 Å². The van der Waals surface area contributed by atoms with Crippen LogP contribution >= 0.6 is 11.3 Å². The molecule has 7 heteroatoms. The van der Waals surface area contributed by atoms with Crippen molar-refractivity contribution in [1.29, 1.82) is 0 Å². The van der Waals surface area contributed by atoms with Gasteiger partial charge in [-0.3, -0.25) is 9.36 Å². The quantitative estimate of drug-likeness (QED) is 0.737. The molecule has 6 nitrogen and oxygen atoms in total. The highest BCUT2D eigenvalue weighted by Gasteiger charge is 2.27. The summed E-state index contributed by atoms with van der Waals surface area (Å²) >= 11 is 1.56. The maximum Gasteiger partial charge on any atom is 0.225 e. The fourth-order valence-electron chi connectivity index (χ4n) is 3.31. The minimum absolute atomic E-state index is 0.0110. The number of hydrogen-bond donors (Lipinski definition) is 1. The Bertz CT molecular complexity index is 888. The first-order chi connectivity index (χ1) is 13.2. The average molecular weight is 382 g/mol. The van der Waals surface area contributed by atoms with E-state index in [0.29, 0.717) is 13.1 Å². The van der Waals surface area contributed by atoms with Crippen LogP contribution in [-0.2, 0) is 11.3 Å². The minimum atomic E-state index is -0.0110. The second kappa shape index (κ2) is 7.92. The Balaban J connectivity index is 1.36. The van der Waals surface area contributed by atoms with Crippen LogP contribution in [0.25, 0.3) is 5.13 Å². The molecule has 1 atom stereocenters. The van der Waals surface area contributed by atoms with Gasteiger partial charge in [-0.1, -0.05) is 41.2 Å². The van der Waals surface area contributed by atoms with Crippen LogP contribution in [0.1, 0.15) is 24.0 Å². The van der Waals surface area contributed by atoms with Crippen molar-refractivity contribution in [1.82, 2.24) is 20.1 Å². The summed E-state index contributed by atoms with van der Waals surface area (Å²) in [6, 6.07) is 12.2. The molecule has 0 unspecified atom stereocenters. The molecular weight excluding hydrogens is 358 g/mol. The predicted molar refractivity (Wildman–Crippen MR) is 107 cm³/mol. The molecule has 1 aliphatic heterocycles. The maximum atomic E-state index is 12.6. The summed E-state index contributed by atoms with van der Waals surface area (Å²) in [5.41, 5.74) is 2.35. The number of piperidine rings is 1. The van der Waals surface area contributed by atoms with E-state index in [1.807, 2.05) is 29.1 Å². The molecule has 1 aromatic carbocycles. The van der Waals surface area contributed by atoms with Gasteiger partial charge in [0, 0.05) is 32.0 Å². The summed E-state index contributed by atoms with van der Waals surface area (Å²) in [7, 11) is 0. The average Bonchev–Trinajstić information content (AvgIpc) is 3.39. The molecule has 0 aliphatic carbocycles. The topological polar surface area (TPSA) is 63.1 Å². The van der Waals surface area contributed by atoms with E-state index in [4.69, 9.17) is 0 Å². The Morgan fingerprint density at radius 3 is 2.70 bits per heavy atom. The lowest BCUT2D eigenvalue weighted by molar-refractivity contribution is -0.125. The van der Waals surface area contributed by atoms with Gasteiger partial charge in [0.05, 0.1) is 5.92 Å². The first-order valence-electron chi connectivity index (χ1n) is 9.24. The summed E-state index contributed by atoms with van der Waals surface area (Å²) in [5.74, 6) is 0.110. The molecule has 4 rings (SSSR count). The molecule has 2 aromatic heterocycles. The van der Waals surface area contributed by atoms with E-state index in [0.717, 1.165) is 35.2 Å². The zero-order chi connectivity index (χ0) is 18.6. The lowest BCUT2D eigenvalue weighted by Crippen LogP contribution is -2.43. The summed E-state index contributed by atoms with van der Waals surface area (Å²) in [4.78, 5) is 14.8. The van der Waals surface area contributed by atoms with Crippen molar-refractivity contribution in [2.24, 2.45) is 5.92 Å². The van der Waals surface area contributed by atoms with Crippen molar-refractivity contribution >= 4 is 22.4 Å². The zero-order valence-electron chi connectivity index (χ0n) is 15.3. The molecule has 1 saturated heterocycles. The van der Waals surface area contributed by atoms with E-state index in [2.05, 4.69) is 51.6 Å². The Hall–Kier alpha value is -2.67. The number of rotatable bonds is 5. The van der Waals surface area contributed by atoms with Crippen LogP contribution in [0.5, 0.6) is 0 Å². The standard InChI is InChI=1S/C20H23N5OS/c1-15-6-8-16(9-7-15)13-21-18(26)17-5-4-12-25(14-17)20-23-22-19(27-20)24-10-2-3-11-24/h2-3,6-11,17H,4-5,12-14H2,1H3,(H,21,26)/t17-/m1/s1. The highest BCUT2D eigenvalue weighted by Crippen LogP contribution is 2.28. The molecule has 1 amide bonds. The van der Waals surface area contributed by atoms with E-state index in [9.17, 15) is 4.79 Å². The third kappa shape index (κ3) is 4.19. The van der Waals surface area contributed by atoms with Crippen LogP contribution in [0.4, 0.5) is 5.13 Å². The molecule has 0 saturated carbocycles. The number of hydrogen-bond acceptors (Lipinski definition) is 5. The normalized spacial score (nSPS) is 17.1. The van der Waals surface area contributed by atoms with Gasteiger partial charge in [0.1, 0.15) is 0 Å². The Morgan fingerprint density at radius 2 is 1.93 bits per heavy atom. The molecule has 0 bridgehead atoms. The van der Waals surface area contributed by atoms with Crippen molar-refractivity contribution in [3.63, 3.8) is 0 Å². The molecule has 0 radical (unpaired) electrons. The Labute approximate surface area is 162 Å². The summed E-state index contributed by atoms with van der Waals surface area (Å²) in [5, 5.41) is 13.4. The van der Waals surface area contributed by atoms with E-state index in [1.165, 1.54) is 5.56 Å². The fourth-order valence-corrected chi connectivity index (χ4v) is 4.16. The predicted octanol–water partition coefficient (Wildman–Crippen LogP) is 3.17. The van der Waals surface area contributed by atoms with Crippen molar-refractivity contribution in [2.45, 2.75) is 26.3 Å². The van der Waals surface area contributed by atoms with E-state index < -0.39 is 0 Å². The number of amides is 1. The van der Waals surface area contributed by atoms with Crippen LogP contribution in [0.15, 0.2) is 48.8 Å². The second-order valence-electron chi connectivity index (χ2n) is 6.95. The van der Waals surface area contributed by atoms with Gasteiger partial charge < -0.3 is 10.2 Å². The summed E-state index contributed by atoms with van der Waals surface area (Å²) in [6.07, 6.45) is 5.82. The number of benzene rings is 1. The smallest absolute Gasteiger partial charge is 0.225 e. The second-order valence-corrected chi connectivity index (χ2v) is 7.88. The molecule has 1 N–H and O–H groups in total. The van der Waals surface area contributed by atoms with Gasteiger partial charge in [-0.2, -0.15) is 0 Å². The molecule has 140 valence electrons. The van der Waals surface area contributed by atoms with Gasteiger partial charge in [-0.05, 0) is 37.5 Å².